The summed E-state index contributed by atoms with van der Waals surface area (Å²) in [6, 6.07) is 16.5. The van der Waals surface area contributed by atoms with Crippen LogP contribution < -0.4 is 0 Å². The molecule has 0 amide bonds. The van der Waals surface area contributed by atoms with E-state index in [1.54, 1.807) is 11.8 Å². The van der Waals surface area contributed by atoms with E-state index in [0.717, 1.165) is 22.4 Å². The molecule has 0 bridgehead atoms. The van der Waals surface area contributed by atoms with E-state index in [0.29, 0.717) is 0 Å². The summed E-state index contributed by atoms with van der Waals surface area (Å²) in [5.74, 6) is 0. The van der Waals surface area contributed by atoms with Crippen LogP contribution in [0.15, 0.2) is 71.8 Å². The fraction of sp³-hybridized carbons (Fsp3) is 0.261. The predicted molar refractivity (Wildman–Crippen MR) is 119 cm³/mol. The lowest BCUT2D eigenvalue weighted by Gasteiger charge is -2.36. The number of hydrogen-bond acceptors (Lipinski definition) is 3. The number of amidine groups is 1. The van der Waals surface area contributed by atoms with Crippen molar-refractivity contribution in [1.29, 1.82) is 0 Å². The largest absolute Gasteiger partial charge is 0.321 e. The molecule has 0 radical (unpaired) electrons. The van der Waals surface area contributed by atoms with Crippen molar-refractivity contribution in [1.82, 2.24) is 4.90 Å². The minimum Gasteiger partial charge on any atom is -0.321 e. The lowest BCUT2D eigenvalue weighted by Crippen LogP contribution is -2.32. The summed E-state index contributed by atoms with van der Waals surface area (Å²) in [5, 5.41) is 1.97. The molecule has 138 valence electrons. The Kier molecular flexibility index (Phi) is 5.42. The maximum atomic E-state index is 6.31. The Morgan fingerprint density at radius 3 is 2.63 bits per heavy atom. The van der Waals surface area contributed by atoms with Crippen LogP contribution in [0.3, 0.4) is 0 Å². The molecule has 1 aliphatic heterocycles. The van der Waals surface area contributed by atoms with E-state index in [2.05, 4.69) is 48.7 Å². The van der Waals surface area contributed by atoms with Crippen LogP contribution in [0.5, 0.6) is 0 Å². The summed E-state index contributed by atoms with van der Waals surface area (Å²) in [7, 11) is 0. The van der Waals surface area contributed by atoms with E-state index in [1.165, 1.54) is 41.7 Å². The summed E-state index contributed by atoms with van der Waals surface area (Å²) in [5.41, 5.74) is 6.25. The van der Waals surface area contributed by atoms with Crippen molar-refractivity contribution in [3.05, 3.63) is 82.9 Å². The van der Waals surface area contributed by atoms with E-state index in [-0.39, 0.29) is 5.25 Å². The summed E-state index contributed by atoms with van der Waals surface area (Å²) in [6.07, 6.45) is 5.60. The third-order valence-corrected chi connectivity index (χ3v) is 6.59. The number of nitrogens with zero attached hydrogens (tertiary/aromatic N) is 2. The second-order valence-electron chi connectivity index (χ2n) is 6.79. The van der Waals surface area contributed by atoms with Gasteiger partial charge in [-0.1, -0.05) is 59.8 Å². The predicted octanol–water partition coefficient (Wildman–Crippen LogP) is 7.22. The highest BCUT2D eigenvalue weighted by molar-refractivity contribution is 8.14. The molecule has 1 atom stereocenters. The second kappa shape index (κ2) is 7.95. The van der Waals surface area contributed by atoms with Crippen molar-refractivity contribution in [2.24, 2.45) is 4.99 Å². The maximum absolute atomic E-state index is 6.31. The Hall–Kier alpha value is -1.97. The van der Waals surface area contributed by atoms with Crippen LogP contribution in [0.25, 0.3) is 5.70 Å². The lowest BCUT2D eigenvalue weighted by atomic mass is 9.87. The van der Waals surface area contributed by atoms with Gasteiger partial charge >= 0.3 is 0 Å². The van der Waals surface area contributed by atoms with Crippen molar-refractivity contribution in [3.63, 3.8) is 0 Å². The molecule has 2 nitrogen and oxygen atoms in total. The molecule has 0 aromatic heterocycles. The first-order valence-corrected chi connectivity index (χ1v) is 10.7. The van der Waals surface area contributed by atoms with Gasteiger partial charge in [0.25, 0.3) is 0 Å². The average Bonchev–Trinajstić information content (AvgIpc) is 2.66. The van der Waals surface area contributed by atoms with Crippen LogP contribution in [0, 0.1) is 0 Å². The summed E-state index contributed by atoms with van der Waals surface area (Å²) >= 11 is 8.08. The Bertz CT molecular complexity index is 911. The molecular formula is C23H23ClN2S. The van der Waals surface area contributed by atoms with Gasteiger partial charge in [-0.05, 0) is 55.5 Å². The molecule has 1 heterocycles. The van der Waals surface area contributed by atoms with Gasteiger partial charge in [0.05, 0.1) is 16.6 Å². The fourth-order valence-electron chi connectivity index (χ4n) is 3.56. The van der Waals surface area contributed by atoms with Crippen LogP contribution >= 0.6 is 23.4 Å². The third-order valence-electron chi connectivity index (χ3n) is 5.11. The SMILES string of the molecule is C=CC(SC1=Nc2ccc(Cl)cc2C(=C2CCC2)N1CC)c1ccccc1. The first-order chi connectivity index (χ1) is 13.2. The van der Waals surface area contributed by atoms with Crippen LogP contribution in [0.2, 0.25) is 5.02 Å². The third kappa shape index (κ3) is 3.59. The molecule has 4 heteroatoms. The molecule has 0 saturated heterocycles. The van der Waals surface area contributed by atoms with E-state index < -0.39 is 0 Å². The smallest absolute Gasteiger partial charge is 0.169 e. The molecule has 1 unspecified atom stereocenters. The minimum atomic E-state index is 0.167. The van der Waals surface area contributed by atoms with Crippen LogP contribution in [-0.4, -0.2) is 16.6 Å². The maximum Gasteiger partial charge on any atom is 0.169 e. The second-order valence-corrected chi connectivity index (χ2v) is 8.34. The zero-order chi connectivity index (χ0) is 18.8. The number of rotatable bonds is 4. The van der Waals surface area contributed by atoms with Gasteiger partial charge in [-0.15, -0.1) is 6.58 Å². The molecule has 0 spiro atoms. The van der Waals surface area contributed by atoms with Crippen molar-refractivity contribution in [2.75, 3.05) is 6.54 Å². The Balaban J connectivity index is 1.77. The standard InChI is InChI=1S/C23H23ClN2S/c1-3-21(16-9-6-5-7-10-16)27-23-25-20-14-13-18(24)15-19(20)22(26(23)4-2)17-11-8-12-17/h3,5-7,9-10,13-15,21H,1,4,8,11-12H2,2H3. The quantitative estimate of drug-likeness (QED) is 0.508. The number of halogens is 1. The van der Waals surface area contributed by atoms with Crippen molar-refractivity contribution in [2.45, 2.75) is 31.4 Å². The highest BCUT2D eigenvalue weighted by Gasteiger charge is 2.30. The molecule has 2 aromatic rings. The normalized spacial score (nSPS) is 17.1. The van der Waals surface area contributed by atoms with Gasteiger partial charge in [-0.2, -0.15) is 0 Å². The monoisotopic (exact) mass is 394 g/mol. The van der Waals surface area contributed by atoms with Crippen molar-refractivity contribution >= 4 is 39.9 Å². The molecule has 2 aliphatic rings. The topological polar surface area (TPSA) is 15.6 Å². The Labute approximate surface area is 170 Å². The highest BCUT2D eigenvalue weighted by atomic mass is 35.5. The first-order valence-electron chi connectivity index (χ1n) is 9.43. The van der Waals surface area contributed by atoms with Crippen LogP contribution in [0.1, 0.15) is 42.6 Å². The van der Waals surface area contributed by atoms with E-state index >= 15 is 0 Å². The average molecular weight is 395 g/mol. The zero-order valence-corrected chi connectivity index (χ0v) is 17.1. The number of benzene rings is 2. The van der Waals surface area contributed by atoms with Gasteiger partial charge in [0.2, 0.25) is 0 Å². The molecule has 1 saturated carbocycles. The van der Waals surface area contributed by atoms with Gasteiger partial charge in [0, 0.05) is 17.1 Å². The van der Waals surface area contributed by atoms with E-state index in [1.807, 2.05) is 24.3 Å². The Morgan fingerprint density at radius 1 is 1.22 bits per heavy atom. The molecule has 27 heavy (non-hydrogen) atoms. The van der Waals surface area contributed by atoms with Gasteiger partial charge in [0.15, 0.2) is 5.17 Å². The number of aliphatic imine (C=N–C) groups is 1. The van der Waals surface area contributed by atoms with Gasteiger partial charge in [-0.3, -0.25) is 0 Å². The van der Waals surface area contributed by atoms with Gasteiger partial charge in [0.1, 0.15) is 0 Å². The molecular weight excluding hydrogens is 372 g/mol. The molecule has 1 aliphatic carbocycles. The zero-order valence-electron chi connectivity index (χ0n) is 15.5. The fourth-order valence-corrected chi connectivity index (χ4v) is 4.85. The van der Waals surface area contributed by atoms with Gasteiger partial charge in [-0.25, -0.2) is 4.99 Å². The number of hydrogen-bond donors (Lipinski definition) is 0. The minimum absolute atomic E-state index is 0.167. The number of fused-ring (bicyclic) bond motifs is 1. The Morgan fingerprint density at radius 2 is 2.00 bits per heavy atom. The first kappa shape index (κ1) is 18.4. The number of allylic oxidation sites excluding steroid dienone is 1. The molecule has 4 rings (SSSR count). The van der Waals surface area contributed by atoms with Crippen LogP contribution in [0.4, 0.5) is 5.69 Å². The van der Waals surface area contributed by atoms with Gasteiger partial charge < -0.3 is 4.90 Å². The highest BCUT2D eigenvalue weighted by Crippen LogP contribution is 2.45. The molecule has 1 fully saturated rings. The summed E-state index contributed by atoms with van der Waals surface area (Å²) in [4.78, 5) is 7.37. The van der Waals surface area contributed by atoms with Crippen molar-refractivity contribution < 1.29 is 0 Å². The van der Waals surface area contributed by atoms with E-state index in [9.17, 15) is 0 Å². The molecule has 2 aromatic carbocycles. The van der Waals surface area contributed by atoms with E-state index in [4.69, 9.17) is 16.6 Å². The summed E-state index contributed by atoms with van der Waals surface area (Å²) in [6.45, 7) is 7.14. The number of thioether (sulfide) groups is 1. The van der Waals surface area contributed by atoms with Crippen molar-refractivity contribution in [3.8, 4) is 0 Å². The van der Waals surface area contributed by atoms with Crippen LogP contribution in [-0.2, 0) is 0 Å². The summed E-state index contributed by atoms with van der Waals surface area (Å²) < 4.78 is 0. The lowest BCUT2D eigenvalue weighted by molar-refractivity contribution is 0.581. The molecule has 0 N–H and O–H groups in total.